The van der Waals surface area contributed by atoms with Gasteiger partial charge in [0.15, 0.2) is 0 Å². The van der Waals surface area contributed by atoms with Crippen molar-refractivity contribution in [3.8, 4) is 0 Å². The highest BCUT2D eigenvalue weighted by Gasteiger charge is 2.16. The second kappa shape index (κ2) is 7.09. The molecule has 1 amide bonds. The van der Waals surface area contributed by atoms with Crippen molar-refractivity contribution in [3.63, 3.8) is 0 Å². The lowest BCUT2D eigenvalue weighted by atomic mass is 10.0. The Bertz CT molecular complexity index is 470. The van der Waals surface area contributed by atoms with Crippen LogP contribution in [0.5, 0.6) is 0 Å². The van der Waals surface area contributed by atoms with Crippen molar-refractivity contribution in [2.24, 2.45) is 0 Å². The molecule has 0 bridgehead atoms. The van der Waals surface area contributed by atoms with E-state index < -0.39 is 0 Å². The Morgan fingerprint density at radius 3 is 2.75 bits per heavy atom. The van der Waals surface area contributed by atoms with E-state index in [0.29, 0.717) is 12.5 Å². The highest BCUT2D eigenvalue weighted by atomic mass is 35.5. The van der Waals surface area contributed by atoms with Crippen LogP contribution in [0.3, 0.4) is 0 Å². The van der Waals surface area contributed by atoms with E-state index in [1.54, 1.807) is 0 Å². The second-order valence-corrected chi connectivity index (χ2v) is 5.73. The molecule has 110 valence electrons. The predicted octanol–water partition coefficient (Wildman–Crippen LogP) is 2.01. The molecule has 1 aromatic rings. The zero-order chi connectivity index (χ0) is 13.1. The first-order valence-electron chi connectivity index (χ1n) is 7.42. The molecular formula is C16H23ClN2O. The largest absolute Gasteiger partial charge is 0.353 e. The van der Waals surface area contributed by atoms with Gasteiger partial charge >= 0.3 is 0 Å². The molecule has 2 N–H and O–H groups in total. The van der Waals surface area contributed by atoms with E-state index in [1.807, 2.05) is 0 Å². The van der Waals surface area contributed by atoms with E-state index in [1.165, 1.54) is 30.4 Å². The van der Waals surface area contributed by atoms with Gasteiger partial charge in [0.2, 0.25) is 5.91 Å². The zero-order valence-corrected chi connectivity index (χ0v) is 12.6. The van der Waals surface area contributed by atoms with Crippen LogP contribution in [-0.4, -0.2) is 25.0 Å². The number of carbonyl (C=O) groups is 1. The van der Waals surface area contributed by atoms with Crippen LogP contribution in [0.2, 0.25) is 0 Å². The molecule has 2 aliphatic rings. The first-order chi connectivity index (χ1) is 9.31. The minimum atomic E-state index is 0. The smallest absolute Gasteiger partial charge is 0.224 e. The van der Waals surface area contributed by atoms with Crippen LogP contribution in [0.15, 0.2) is 18.2 Å². The fraction of sp³-hybridized carbons (Fsp3) is 0.562. The third-order valence-corrected chi connectivity index (χ3v) is 4.23. The summed E-state index contributed by atoms with van der Waals surface area (Å²) in [7, 11) is 0. The van der Waals surface area contributed by atoms with Gasteiger partial charge in [-0.15, -0.1) is 12.4 Å². The maximum absolute atomic E-state index is 12.0. The van der Waals surface area contributed by atoms with Crippen molar-refractivity contribution < 1.29 is 4.79 Å². The highest BCUT2D eigenvalue weighted by molar-refractivity contribution is 5.85. The summed E-state index contributed by atoms with van der Waals surface area (Å²) in [6.07, 6.45) is 6.28. The first kappa shape index (κ1) is 15.3. The average Bonchev–Trinajstić information content (AvgIpc) is 2.87. The van der Waals surface area contributed by atoms with Gasteiger partial charge in [-0.3, -0.25) is 4.79 Å². The number of halogens is 1. The summed E-state index contributed by atoms with van der Waals surface area (Å²) >= 11 is 0. The summed E-state index contributed by atoms with van der Waals surface area (Å²) in [6.45, 7) is 2.04. The maximum atomic E-state index is 12.0. The number of aryl methyl sites for hydroxylation is 2. The number of benzene rings is 1. The van der Waals surface area contributed by atoms with Gasteiger partial charge in [-0.1, -0.05) is 18.2 Å². The van der Waals surface area contributed by atoms with E-state index >= 15 is 0 Å². The molecule has 1 aliphatic heterocycles. The van der Waals surface area contributed by atoms with Crippen LogP contribution in [0.4, 0.5) is 0 Å². The number of carbonyl (C=O) groups excluding carboxylic acids is 1. The number of rotatable bonds is 3. The third kappa shape index (κ3) is 3.74. The van der Waals surface area contributed by atoms with Gasteiger partial charge in [-0.2, -0.15) is 0 Å². The minimum absolute atomic E-state index is 0. The van der Waals surface area contributed by atoms with Gasteiger partial charge in [0.1, 0.15) is 0 Å². The molecule has 1 aromatic carbocycles. The Morgan fingerprint density at radius 1 is 1.20 bits per heavy atom. The highest BCUT2D eigenvalue weighted by Crippen LogP contribution is 2.23. The molecule has 3 nitrogen and oxygen atoms in total. The standard InChI is InChI=1S/C16H22N2O.ClH/c19-16(18-15-6-8-17-9-7-15)11-12-4-5-13-2-1-3-14(13)10-12;/h4-5,10,15,17H,1-3,6-9,11H2,(H,18,19);1H. The molecule has 0 aromatic heterocycles. The quantitative estimate of drug-likeness (QED) is 0.895. The number of piperidine rings is 1. The van der Waals surface area contributed by atoms with Crippen LogP contribution < -0.4 is 10.6 Å². The third-order valence-electron chi connectivity index (χ3n) is 4.23. The van der Waals surface area contributed by atoms with Gasteiger partial charge in [-0.05, 0) is 61.9 Å². The molecular weight excluding hydrogens is 272 g/mol. The molecule has 0 radical (unpaired) electrons. The molecule has 1 saturated heterocycles. The van der Waals surface area contributed by atoms with Gasteiger partial charge < -0.3 is 10.6 Å². The van der Waals surface area contributed by atoms with Crippen molar-refractivity contribution >= 4 is 18.3 Å². The van der Waals surface area contributed by atoms with Crippen LogP contribution in [-0.2, 0) is 24.1 Å². The van der Waals surface area contributed by atoms with Gasteiger partial charge in [0.05, 0.1) is 6.42 Å². The molecule has 0 spiro atoms. The Kier molecular flexibility index (Phi) is 5.44. The lowest BCUT2D eigenvalue weighted by molar-refractivity contribution is -0.121. The lowest BCUT2D eigenvalue weighted by Gasteiger charge is -2.23. The van der Waals surface area contributed by atoms with Crippen molar-refractivity contribution in [2.45, 2.75) is 44.6 Å². The summed E-state index contributed by atoms with van der Waals surface area (Å²) in [4.78, 5) is 12.0. The summed E-state index contributed by atoms with van der Waals surface area (Å²) in [5.41, 5.74) is 4.08. The van der Waals surface area contributed by atoms with Crippen LogP contribution in [0.25, 0.3) is 0 Å². The summed E-state index contributed by atoms with van der Waals surface area (Å²) in [6, 6.07) is 6.91. The Balaban J connectivity index is 0.00000147. The first-order valence-corrected chi connectivity index (χ1v) is 7.42. The number of amides is 1. The fourth-order valence-electron chi connectivity index (χ4n) is 3.17. The topological polar surface area (TPSA) is 41.1 Å². The number of hydrogen-bond acceptors (Lipinski definition) is 2. The van der Waals surface area contributed by atoms with E-state index in [9.17, 15) is 4.79 Å². The van der Waals surface area contributed by atoms with Crippen LogP contribution in [0.1, 0.15) is 36.0 Å². The average molecular weight is 295 g/mol. The van der Waals surface area contributed by atoms with Gasteiger partial charge in [-0.25, -0.2) is 0 Å². The molecule has 3 rings (SSSR count). The predicted molar refractivity (Wildman–Crippen MR) is 83.5 cm³/mol. The van der Waals surface area contributed by atoms with E-state index in [0.717, 1.165) is 31.5 Å². The Labute approximate surface area is 126 Å². The summed E-state index contributed by atoms with van der Waals surface area (Å²) in [5.74, 6) is 0.171. The zero-order valence-electron chi connectivity index (χ0n) is 11.8. The molecule has 1 fully saturated rings. The summed E-state index contributed by atoms with van der Waals surface area (Å²) in [5, 5.41) is 6.47. The number of nitrogens with one attached hydrogen (secondary N) is 2. The van der Waals surface area contributed by atoms with Crippen LogP contribution >= 0.6 is 12.4 Å². The number of hydrogen-bond donors (Lipinski definition) is 2. The fourth-order valence-corrected chi connectivity index (χ4v) is 3.17. The molecule has 20 heavy (non-hydrogen) atoms. The normalized spacial score (nSPS) is 18.2. The molecule has 0 atom stereocenters. The minimum Gasteiger partial charge on any atom is -0.353 e. The lowest BCUT2D eigenvalue weighted by Crippen LogP contribution is -2.43. The molecule has 4 heteroatoms. The van der Waals surface area contributed by atoms with Crippen LogP contribution in [0, 0.1) is 0 Å². The molecule has 0 unspecified atom stereocenters. The van der Waals surface area contributed by atoms with Crippen molar-refractivity contribution in [1.29, 1.82) is 0 Å². The number of fused-ring (bicyclic) bond motifs is 1. The summed E-state index contributed by atoms with van der Waals surface area (Å²) < 4.78 is 0. The molecule has 1 heterocycles. The molecule has 1 aliphatic carbocycles. The maximum Gasteiger partial charge on any atom is 0.224 e. The van der Waals surface area contributed by atoms with Crippen molar-refractivity contribution in [3.05, 3.63) is 34.9 Å². The monoisotopic (exact) mass is 294 g/mol. The van der Waals surface area contributed by atoms with Crippen molar-refractivity contribution in [2.75, 3.05) is 13.1 Å². The van der Waals surface area contributed by atoms with E-state index in [-0.39, 0.29) is 18.3 Å². The molecule has 0 saturated carbocycles. The van der Waals surface area contributed by atoms with E-state index in [2.05, 4.69) is 28.8 Å². The second-order valence-electron chi connectivity index (χ2n) is 5.73. The van der Waals surface area contributed by atoms with Crippen molar-refractivity contribution in [1.82, 2.24) is 10.6 Å². The SMILES string of the molecule is Cl.O=C(Cc1ccc2c(c1)CCC2)NC1CCNCC1. The van der Waals surface area contributed by atoms with Gasteiger partial charge in [0, 0.05) is 6.04 Å². The van der Waals surface area contributed by atoms with E-state index in [4.69, 9.17) is 0 Å². The Hall–Kier alpha value is -1.06. The Morgan fingerprint density at radius 2 is 1.95 bits per heavy atom. The van der Waals surface area contributed by atoms with Gasteiger partial charge in [0.25, 0.3) is 0 Å².